The summed E-state index contributed by atoms with van der Waals surface area (Å²) in [4.78, 5) is 4.35. The minimum absolute atomic E-state index is 0.193. The molecule has 0 aromatic carbocycles. The van der Waals surface area contributed by atoms with Gasteiger partial charge in [0.1, 0.15) is 0 Å². The van der Waals surface area contributed by atoms with Crippen molar-refractivity contribution in [2.75, 3.05) is 7.11 Å². The Morgan fingerprint density at radius 1 is 1.50 bits per heavy atom. The third-order valence-electron chi connectivity index (χ3n) is 3.28. The summed E-state index contributed by atoms with van der Waals surface area (Å²) >= 11 is 1.65. The highest BCUT2D eigenvalue weighted by Crippen LogP contribution is 2.27. The molecule has 98 valence electrons. The second-order valence-electron chi connectivity index (χ2n) is 5.09. The van der Waals surface area contributed by atoms with E-state index < -0.39 is 6.10 Å². The third kappa shape index (κ3) is 3.07. The molecule has 0 aliphatic heterocycles. The monoisotopic (exact) mass is 265 g/mol. The number of rotatable bonds is 5. The summed E-state index contributed by atoms with van der Waals surface area (Å²) in [5, 5.41) is 12.2. The van der Waals surface area contributed by atoms with Crippen LogP contribution in [0.2, 0.25) is 0 Å². The Labute approximate surface area is 111 Å². The van der Waals surface area contributed by atoms with E-state index in [-0.39, 0.29) is 5.60 Å². The van der Waals surface area contributed by atoms with Crippen molar-refractivity contribution in [3.8, 4) is 0 Å². The van der Waals surface area contributed by atoms with Gasteiger partial charge in [0.25, 0.3) is 0 Å². The van der Waals surface area contributed by atoms with Gasteiger partial charge >= 0.3 is 0 Å². The predicted molar refractivity (Wildman–Crippen MR) is 74.9 cm³/mol. The SMILES string of the molecule is COC(C)(C)CCC(O)c1cnc2ccsc2c1. The smallest absolute Gasteiger partial charge is 0.0809 e. The number of aliphatic hydroxyl groups is 1. The summed E-state index contributed by atoms with van der Waals surface area (Å²) in [7, 11) is 1.70. The Morgan fingerprint density at radius 3 is 3.00 bits per heavy atom. The average Bonchev–Trinajstić information content (AvgIpc) is 2.83. The van der Waals surface area contributed by atoms with Crippen LogP contribution in [0.5, 0.6) is 0 Å². The summed E-state index contributed by atoms with van der Waals surface area (Å²) in [6.45, 7) is 4.06. The minimum Gasteiger partial charge on any atom is -0.388 e. The van der Waals surface area contributed by atoms with Crippen LogP contribution in [-0.2, 0) is 4.74 Å². The number of nitrogens with zero attached hydrogens (tertiary/aromatic N) is 1. The lowest BCUT2D eigenvalue weighted by Gasteiger charge is -2.24. The van der Waals surface area contributed by atoms with Gasteiger partial charge in [-0.25, -0.2) is 0 Å². The third-order valence-corrected chi connectivity index (χ3v) is 4.13. The number of thiophene rings is 1. The summed E-state index contributed by atoms with van der Waals surface area (Å²) < 4.78 is 6.48. The second kappa shape index (κ2) is 5.34. The van der Waals surface area contributed by atoms with Gasteiger partial charge < -0.3 is 9.84 Å². The standard InChI is InChI=1S/C14H19NO2S/c1-14(2,17-3)6-4-12(16)10-8-13-11(15-9-10)5-7-18-13/h5,7-9,12,16H,4,6H2,1-3H3. The normalized spacial score (nSPS) is 14.0. The maximum Gasteiger partial charge on any atom is 0.0809 e. The van der Waals surface area contributed by atoms with Crippen LogP contribution in [0.25, 0.3) is 10.2 Å². The van der Waals surface area contributed by atoms with Gasteiger partial charge in [-0.05, 0) is 44.2 Å². The minimum atomic E-state index is -0.474. The van der Waals surface area contributed by atoms with Crippen molar-refractivity contribution in [2.45, 2.75) is 38.4 Å². The van der Waals surface area contributed by atoms with E-state index in [9.17, 15) is 5.11 Å². The summed E-state index contributed by atoms with van der Waals surface area (Å²) in [6.07, 6.45) is 2.78. The van der Waals surface area contributed by atoms with Crippen molar-refractivity contribution in [2.24, 2.45) is 0 Å². The Morgan fingerprint density at radius 2 is 2.28 bits per heavy atom. The number of aromatic nitrogens is 1. The lowest BCUT2D eigenvalue weighted by atomic mass is 9.97. The van der Waals surface area contributed by atoms with Gasteiger partial charge in [-0.3, -0.25) is 4.98 Å². The lowest BCUT2D eigenvalue weighted by molar-refractivity contribution is 0.00277. The molecule has 18 heavy (non-hydrogen) atoms. The van der Waals surface area contributed by atoms with E-state index in [1.165, 1.54) is 0 Å². The fraction of sp³-hybridized carbons (Fsp3) is 0.500. The number of pyridine rings is 1. The molecule has 0 amide bonds. The number of aliphatic hydroxyl groups excluding tert-OH is 1. The fourth-order valence-corrected chi connectivity index (χ4v) is 2.59. The lowest BCUT2D eigenvalue weighted by Crippen LogP contribution is -2.23. The van der Waals surface area contributed by atoms with Crippen LogP contribution in [0.3, 0.4) is 0 Å². The number of fused-ring (bicyclic) bond motifs is 1. The molecule has 2 aromatic heterocycles. The summed E-state index contributed by atoms with van der Waals surface area (Å²) in [6, 6.07) is 4.02. The molecule has 2 heterocycles. The molecule has 0 fully saturated rings. The highest BCUT2D eigenvalue weighted by atomic mass is 32.1. The van der Waals surface area contributed by atoms with Crippen molar-refractivity contribution in [3.05, 3.63) is 29.3 Å². The molecule has 0 saturated heterocycles. The molecule has 0 saturated carbocycles. The molecule has 0 radical (unpaired) electrons. The van der Waals surface area contributed by atoms with Gasteiger partial charge in [0.05, 0.1) is 21.9 Å². The van der Waals surface area contributed by atoms with E-state index in [0.717, 1.165) is 22.2 Å². The van der Waals surface area contributed by atoms with Crippen molar-refractivity contribution in [3.63, 3.8) is 0 Å². The first-order chi connectivity index (χ1) is 8.52. The number of hydrogen-bond acceptors (Lipinski definition) is 4. The molecular weight excluding hydrogens is 246 g/mol. The summed E-state index contributed by atoms with van der Waals surface area (Å²) in [5.74, 6) is 0. The topological polar surface area (TPSA) is 42.4 Å². The zero-order valence-electron chi connectivity index (χ0n) is 11.0. The highest BCUT2D eigenvalue weighted by molar-refractivity contribution is 7.17. The van der Waals surface area contributed by atoms with E-state index in [2.05, 4.69) is 4.98 Å². The Bertz CT molecular complexity index is 521. The molecule has 1 N–H and O–H groups in total. The quantitative estimate of drug-likeness (QED) is 0.899. The zero-order valence-corrected chi connectivity index (χ0v) is 11.8. The predicted octanol–water partition coefficient (Wildman–Crippen LogP) is 3.53. The number of methoxy groups -OCH3 is 1. The van der Waals surface area contributed by atoms with E-state index in [0.29, 0.717) is 6.42 Å². The van der Waals surface area contributed by atoms with Crippen LogP contribution in [0.1, 0.15) is 38.4 Å². The van der Waals surface area contributed by atoms with Crippen molar-refractivity contribution < 1.29 is 9.84 Å². The van der Waals surface area contributed by atoms with Crippen LogP contribution >= 0.6 is 11.3 Å². The Hall–Kier alpha value is -0.970. The maximum atomic E-state index is 10.2. The molecule has 1 atom stereocenters. The van der Waals surface area contributed by atoms with E-state index in [4.69, 9.17) is 4.74 Å². The van der Waals surface area contributed by atoms with Gasteiger partial charge in [0.2, 0.25) is 0 Å². The van der Waals surface area contributed by atoms with E-state index in [1.54, 1.807) is 24.6 Å². The zero-order chi connectivity index (χ0) is 13.2. The van der Waals surface area contributed by atoms with Crippen molar-refractivity contribution in [1.82, 2.24) is 4.98 Å². The van der Waals surface area contributed by atoms with Gasteiger partial charge in [-0.2, -0.15) is 0 Å². The molecule has 0 bridgehead atoms. The molecule has 3 nitrogen and oxygen atoms in total. The molecule has 0 aliphatic carbocycles. The second-order valence-corrected chi connectivity index (χ2v) is 6.04. The Balaban J connectivity index is 2.06. The molecular formula is C14H19NO2S. The molecule has 2 rings (SSSR count). The fourth-order valence-electron chi connectivity index (χ4n) is 1.80. The van der Waals surface area contributed by atoms with E-state index >= 15 is 0 Å². The maximum absolute atomic E-state index is 10.2. The molecule has 2 aromatic rings. The molecule has 0 aliphatic rings. The van der Waals surface area contributed by atoms with Crippen molar-refractivity contribution >= 4 is 21.6 Å². The van der Waals surface area contributed by atoms with Crippen LogP contribution < -0.4 is 0 Å². The number of hydrogen-bond donors (Lipinski definition) is 1. The first kappa shape index (κ1) is 13.5. The Kier molecular flexibility index (Phi) is 4.00. The van der Waals surface area contributed by atoms with Crippen LogP contribution in [0.15, 0.2) is 23.7 Å². The van der Waals surface area contributed by atoms with Crippen LogP contribution in [-0.4, -0.2) is 22.8 Å². The van der Waals surface area contributed by atoms with Crippen LogP contribution in [0.4, 0.5) is 0 Å². The molecule has 0 spiro atoms. The molecule has 1 unspecified atom stereocenters. The highest BCUT2D eigenvalue weighted by Gasteiger charge is 2.19. The number of ether oxygens (including phenoxy) is 1. The van der Waals surface area contributed by atoms with Gasteiger partial charge in [0.15, 0.2) is 0 Å². The van der Waals surface area contributed by atoms with Gasteiger partial charge in [-0.15, -0.1) is 11.3 Å². The average molecular weight is 265 g/mol. The first-order valence-electron chi connectivity index (χ1n) is 6.08. The first-order valence-corrected chi connectivity index (χ1v) is 6.96. The van der Waals surface area contributed by atoms with Gasteiger partial charge in [0, 0.05) is 18.9 Å². The van der Waals surface area contributed by atoms with Crippen molar-refractivity contribution in [1.29, 1.82) is 0 Å². The van der Waals surface area contributed by atoms with E-state index in [1.807, 2.05) is 31.4 Å². The largest absolute Gasteiger partial charge is 0.388 e. The molecule has 4 heteroatoms. The van der Waals surface area contributed by atoms with Crippen LogP contribution in [0, 0.1) is 0 Å². The van der Waals surface area contributed by atoms with Gasteiger partial charge in [-0.1, -0.05) is 0 Å². The summed E-state index contributed by atoms with van der Waals surface area (Å²) in [5.41, 5.74) is 1.69.